The van der Waals surface area contributed by atoms with Gasteiger partial charge in [0.25, 0.3) is 11.7 Å². The first-order chi connectivity index (χ1) is 15.0. The van der Waals surface area contributed by atoms with Gasteiger partial charge in [0.05, 0.1) is 32.4 Å². The molecule has 0 radical (unpaired) electrons. The van der Waals surface area contributed by atoms with Crippen molar-refractivity contribution in [2.45, 2.75) is 12.3 Å². The van der Waals surface area contributed by atoms with E-state index in [9.17, 15) is 14.7 Å². The number of ketones is 1. The molecule has 8 heteroatoms. The molecule has 1 fully saturated rings. The Morgan fingerprint density at radius 2 is 1.68 bits per heavy atom. The third-order valence-corrected chi connectivity index (χ3v) is 5.19. The van der Waals surface area contributed by atoms with Crippen LogP contribution in [0.15, 0.2) is 54.1 Å². The molecule has 164 valence electrons. The Hall–Kier alpha value is -3.36. The Balaban J connectivity index is 2.22. The Kier molecular flexibility index (Phi) is 6.94. The maximum atomic E-state index is 13.0. The molecule has 0 aliphatic carbocycles. The minimum absolute atomic E-state index is 0.0248. The van der Waals surface area contributed by atoms with E-state index in [4.69, 9.17) is 18.9 Å². The first-order valence-corrected chi connectivity index (χ1v) is 9.58. The number of benzene rings is 2. The van der Waals surface area contributed by atoms with Gasteiger partial charge < -0.3 is 29.0 Å². The smallest absolute Gasteiger partial charge is 0.295 e. The molecule has 31 heavy (non-hydrogen) atoms. The van der Waals surface area contributed by atoms with E-state index in [1.165, 1.54) is 33.3 Å². The van der Waals surface area contributed by atoms with Crippen LogP contribution in [0.1, 0.15) is 17.2 Å². The number of hydrogen-bond donors (Lipinski definition) is 1. The molecule has 1 aliphatic heterocycles. The predicted octanol–water partition coefficient (Wildman–Crippen LogP) is 2.74. The van der Waals surface area contributed by atoms with Crippen molar-refractivity contribution in [2.75, 3.05) is 35.0 Å². The first kappa shape index (κ1) is 22.3. The third-order valence-electron chi connectivity index (χ3n) is 5.19. The highest BCUT2D eigenvalue weighted by Crippen LogP contribution is 2.43. The summed E-state index contributed by atoms with van der Waals surface area (Å²) in [6, 6.07) is 12.7. The lowest BCUT2D eigenvalue weighted by atomic mass is 9.94. The molecule has 1 N–H and O–H groups in total. The normalized spacial score (nSPS) is 18.0. The van der Waals surface area contributed by atoms with Crippen molar-refractivity contribution in [3.63, 3.8) is 0 Å². The molecule has 1 unspecified atom stereocenters. The molecule has 1 atom stereocenters. The van der Waals surface area contributed by atoms with Crippen LogP contribution in [0.2, 0.25) is 0 Å². The second-order valence-electron chi connectivity index (χ2n) is 6.83. The number of carbonyl (C=O) groups is 2. The number of hydrogen-bond acceptors (Lipinski definition) is 7. The molecule has 1 heterocycles. The highest BCUT2D eigenvalue weighted by molar-refractivity contribution is 6.46. The highest BCUT2D eigenvalue weighted by atomic mass is 16.7. The van der Waals surface area contributed by atoms with Crippen LogP contribution >= 0.6 is 0 Å². The average molecular weight is 427 g/mol. The summed E-state index contributed by atoms with van der Waals surface area (Å²) in [5.74, 6) is -0.876. The molecule has 2 aromatic carbocycles. The molecule has 0 bridgehead atoms. The Labute approximate surface area is 180 Å². The predicted molar refractivity (Wildman–Crippen MR) is 113 cm³/mol. The number of ether oxygens (including phenoxy) is 4. The average Bonchev–Trinajstić information content (AvgIpc) is 3.06. The second-order valence-corrected chi connectivity index (χ2v) is 6.83. The van der Waals surface area contributed by atoms with Crippen LogP contribution in [0.5, 0.6) is 11.5 Å². The van der Waals surface area contributed by atoms with E-state index in [-0.39, 0.29) is 17.9 Å². The molecule has 1 saturated heterocycles. The van der Waals surface area contributed by atoms with Crippen LogP contribution in [0.25, 0.3) is 5.76 Å². The van der Waals surface area contributed by atoms with E-state index in [0.717, 1.165) is 0 Å². The van der Waals surface area contributed by atoms with E-state index in [1.54, 1.807) is 48.5 Å². The summed E-state index contributed by atoms with van der Waals surface area (Å²) in [7, 11) is 5.89. The number of amides is 1. The van der Waals surface area contributed by atoms with Crippen molar-refractivity contribution in [1.29, 1.82) is 0 Å². The van der Waals surface area contributed by atoms with Gasteiger partial charge >= 0.3 is 0 Å². The van der Waals surface area contributed by atoms with Crippen molar-refractivity contribution in [2.24, 2.45) is 0 Å². The van der Waals surface area contributed by atoms with Crippen LogP contribution in [-0.4, -0.2) is 63.0 Å². The number of aliphatic hydroxyl groups excluding tert-OH is 1. The summed E-state index contributed by atoms with van der Waals surface area (Å²) in [6.07, 6.45) is -0.762. The summed E-state index contributed by atoms with van der Waals surface area (Å²) >= 11 is 0. The van der Waals surface area contributed by atoms with Crippen molar-refractivity contribution < 1.29 is 33.6 Å². The number of nitrogens with zero attached hydrogens (tertiary/aromatic N) is 1. The molecule has 8 nitrogen and oxygen atoms in total. The zero-order valence-corrected chi connectivity index (χ0v) is 17.8. The standard InChI is InChI=1S/C23H25NO7/c1-28-15-10-11-16(17(12-15)29-2)20-19(21(25)14-8-6-5-7-9-14)22(26)23(27)24(20)13-18(30-3)31-4/h5-12,18,20,25H,13H2,1-4H3. The topological polar surface area (TPSA) is 94.5 Å². The molecule has 2 aromatic rings. The SMILES string of the molecule is COc1ccc(C2C(=C(O)c3ccccc3)C(=O)C(=O)N2CC(OC)OC)c(OC)c1. The number of likely N-dealkylation sites (tertiary alicyclic amines) is 1. The highest BCUT2D eigenvalue weighted by Gasteiger charge is 2.47. The van der Waals surface area contributed by atoms with Crippen LogP contribution in [-0.2, 0) is 19.1 Å². The summed E-state index contributed by atoms with van der Waals surface area (Å²) in [5, 5.41) is 11.0. The zero-order chi connectivity index (χ0) is 22.5. The van der Waals surface area contributed by atoms with E-state index in [1.807, 2.05) is 0 Å². The number of methoxy groups -OCH3 is 4. The van der Waals surface area contributed by atoms with Gasteiger partial charge in [-0.1, -0.05) is 30.3 Å². The molecule has 3 rings (SSSR count). The quantitative estimate of drug-likeness (QED) is 0.300. The van der Waals surface area contributed by atoms with E-state index in [2.05, 4.69) is 0 Å². The largest absolute Gasteiger partial charge is 0.507 e. The third kappa shape index (κ3) is 4.26. The fourth-order valence-electron chi connectivity index (χ4n) is 3.59. The first-order valence-electron chi connectivity index (χ1n) is 9.58. The summed E-state index contributed by atoms with van der Waals surface area (Å²) < 4.78 is 21.3. The van der Waals surface area contributed by atoms with Crippen molar-refractivity contribution in [1.82, 2.24) is 4.90 Å². The van der Waals surface area contributed by atoms with E-state index in [0.29, 0.717) is 22.6 Å². The van der Waals surface area contributed by atoms with Gasteiger partial charge in [-0.25, -0.2) is 0 Å². The Bertz CT molecular complexity index is 983. The van der Waals surface area contributed by atoms with Gasteiger partial charge in [-0.15, -0.1) is 0 Å². The lowest BCUT2D eigenvalue weighted by Crippen LogP contribution is -2.38. The molecule has 0 saturated carbocycles. The lowest BCUT2D eigenvalue weighted by molar-refractivity contribution is -0.149. The lowest BCUT2D eigenvalue weighted by Gasteiger charge is -2.29. The summed E-state index contributed by atoms with van der Waals surface area (Å²) in [6.45, 7) is -0.0248. The zero-order valence-electron chi connectivity index (χ0n) is 17.8. The van der Waals surface area contributed by atoms with Crippen LogP contribution < -0.4 is 9.47 Å². The molecule has 0 aromatic heterocycles. The number of aliphatic hydroxyl groups is 1. The second kappa shape index (κ2) is 9.63. The molecular weight excluding hydrogens is 402 g/mol. The molecule has 0 spiro atoms. The summed E-state index contributed by atoms with van der Waals surface area (Å²) in [5.41, 5.74) is 0.907. The molecule has 1 aliphatic rings. The number of rotatable bonds is 8. The van der Waals surface area contributed by atoms with E-state index >= 15 is 0 Å². The van der Waals surface area contributed by atoms with Gasteiger partial charge in [0.2, 0.25) is 0 Å². The minimum Gasteiger partial charge on any atom is -0.507 e. The van der Waals surface area contributed by atoms with Crippen molar-refractivity contribution >= 4 is 17.4 Å². The van der Waals surface area contributed by atoms with Gasteiger partial charge in [0.1, 0.15) is 17.3 Å². The van der Waals surface area contributed by atoms with Gasteiger partial charge in [-0.3, -0.25) is 9.59 Å². The maximum Gasteiger partial charge on any atom is 0.295 e. The van der Waals surface area contributed by atoms with Crippen LogP contribution in [0.3, 0.4) is 0 Å². The molecule has 1 amide bonds. The van der Waals surface area contributed by atoms with Crippen LogP contribution in [0.4, 0.5) is 0 Å². The number of Topliss-reactive ketones (excluding diaryl/α,β-unsaturated/α-hetero) is 1. The van der Waals surface area contributed by atoms with Crippen LogP contribution in [0, 0.1) is 0 Å². The van der Waals surface area contributed by atoms with Gasteiger partial charge in [-0.2, -0.15) is 0 Å². The number of carbonyl (C=O) groups excluding carboxylic acids is 2. The maximum absolute atomic E-state index is 13.0. The fraction of sp³-hybridized carbons (Fsp3) is 0.304. The van der Waals surface area contributed by atoms with Crippen molar-refractivity contribution in [3.8, 4) is 11.5 Å². The summed E-state index contributed by atoms with van der Waals surface area (Å²) in [4.78, 5) is 27.3. The van der Waals surface area contributed by atoms with Crippen molar-refractivity contribution in [3.05, 3.63) is 65.2 Å². The van der Waals surface area contributed by atoms with Gasteiger partial charge in [-0.05, 0) is 12.1 Å². The van der Waals surface area contributed by atoms with Gasteiger partial charge in [0, 0.05) is 31.4 Å². The van der Waals surface area contributed by atoms with Gasteiger partial charge in [0.15, 0.2) is 6.29 Å². The Morgan fingerprint density at radius 1 is 1.00 bits per heavy atom. The fourth-order valence-corrected chi connectivity index (χ4v) is 3.59. The Morgan fingerprint density at radius 3 is 2.26 bits per heavy atom. The molecular formula is C23H25NO7. The van der Waals surface area contributed by atoms with E-state index < -0.39 is 24.0 Å². The monoisotopic (exact) mass is 427 g/mol. The minimum atomic E-state index is -0.908.